The predicted molar refractivity (Wildman–Crippen MR) is 75.9 cm³/mol. The van der Waals surface area contributed by atoms with Gasteiger partial charge in [0.25, 0.3) is 0 Å². The topological polar surface area (TPSA) is 45.2 Å². The zero-order valence-electron chi connectivity index (χ0n) is 11.6. The van der Waals surface area contributed by atoms with Crippen LogP contribution in [0.3, 0.4) is 0 Å². The van der Waals surface area contributed by atoms with Crippen LogP contribution in [-0.4, -0.2) is 22.2 Å². The number of rotatable bonds is 4. The molecule has 2 N–H and O–H groups in total. The molecule has 1 heterocycles. The van der Waals surface area contributed by atoms with Crippen LogP contribution in [-0.2, 0) is 0 Å². The molecule has 0 aliphatic heterocycles. The van der Waals surface area contributed by atoms with Crippen LogP contribution in [0.4, 0.5) is 0 Å². The van der Waals surface area contributed by atoms with E-state index in [0.29, 0.717) is 12.5 Å². The highest BCUT2D eigenvalue weighted by Crippen LogP contribution is 2.32. The van der Waals surface area contributed by atoms with Crippen LogP contribution in [0.2, 0.25) is 0 Å². The van der Waals surface area contributed by atoms with E-state index in [0.717, 1.165) is 25.0 Å². The van der Waals surface area contributed by atoms with Crippen molar-refractivity contribution in [3.8, 4) is 0 Å². The molecule has 18 heavy (non-hydrogen) atoms. The summed E-state index contributed by atoms with van der Waals surface area (Å²) in [6, 6.07) is 0.277. The summed E-state index contributed by atoms with van der Waals surface area (Å²) in [7, 11) is 0. The first-order valence-electron chi connectivity index (χ1n) is 6.86. The summed E-state index contributed by atoms with van der Waals surface area (Å²) in [5.41, 5.74) is 2.48. The van der Waals surface area contributed by atoms with Crippen molar-refractivity contribution in [3.05, 3.63) is 16.1 Å². The number of hydrogen-bond acceptors (Lipinski definition) is 4. The van der Waals surface area contributed by atoms with Gasteiger partial charge in [0.2, 0.25) is 0 Å². The van der Waals surface area contributed by atoms with Gasteiger partial charge in [0.1, 0.15) is 0 Å². The molecule has 2 rings (SSSR count). The second-order valence-electron chi connectivity index (χ2n) is 5.83. The van der Waals surface area contributed by atoms with E-state index >= 15 is 0 Å². The van der Waals surface area contributed by atoms with Crippen LogP contribution >= 0.6 is 11.3 Å². The minimum Gasteiger partial charge on any atom is -0.389 e. The van der Waals surface area contributed by atoms with Gasteiger partial charge in [-0.25, -0.2) is 4.98 Å². The molecule has 3 atom stereocenters. The number of hydrogen-bond donors (Lipinski definition) is 2. The molecule has 0 bridgehead atoms. The molecule has 3 nitrogen and oxygen atoms in total. The SMILES string of the molecule is Cc1ncsc1C(C)NCC1(O)CCCC(C)C1. The van der Waals surface area contributed by atoms with Gasteiger partial charge >= 0.3 is 0 Å². The first kappa shape index (κ1) is 14.0. The second-order valence-corrected chi connectivity index (χ2v) is 6.72. The van der Waals surface area contributed by atoms with E-state index in [1.807, 2.05) is 12.4 Å². The van der Waals surface area contributed by atoms with Crippen LogP contribution in [0.15, 0.2) is 5.51 Å². The normalized spacial score (nSPS) is 30.3. The lowest BCUT2D eigenvalue weighted by Gasteiger charge is -2.36. The predicted octanol–water partition coefficient (Wildman–Crippen LogP) is 3.04. The molecule has 0 spiro atoms. The number of aryl methyl sites for hydroxylation is 1. The highest BCUT2D eigenvalue weighted by atomic mass is 32.1. The van der Waals surface area contributed by atoms with Crippen molar-refractivity contribution in [2.75, 3.05) is 6.54 Å². The zero-order chi connectivity index (χ0) is 13.2. The summed E-state index contributed by atoms with van der Waals surface area (Å²) in [6.07, 6.45) is 4.26. The number of nitrogens with one attached hydrogen (secondary N) is 1. The van der Waals surface area contributed by atoms with Gasteiger partial charge in [0, 0.05) is 17.5 Å². The fourth-order valence-corrected chi connectivity index (χ4v) is 3.79. The van der Waals surface area contributed by atoms with E-state index in [1.165, 1.54) is 11.3 Å². The quantitative estimate of drug-likeness (QED) is 0.882. The van der Waals surface area contributed by atoms with Crippen molar-refractivity contribution in [3.63, 3.8) is 0 Å². The van der Waals surface area contributed by atoms with Crippen molar-refractivity contribution in [2.24, 2.45) is 5.92 Å². The van der Waals surface area contributed by atoms with Gasteiger partial charge < -0.3 is 10.4 Å². The summed E-state index contributed by atoms with van der Waals surface area (Å²) < 4.78 is 0. The molecule has 102 valence electrons. The minimum atomic E-state index is -0.509. The summed E-state index contributed by atoms with van der Waals surface area (Å²) in [5.74, 6) is 0.644. The largest absolute Gasteiger partial charge is 0.389 e. The van der Waals surface area contributed by atoms with Crippen molar-refractivity contribution in [2.45, 2.75) is 58.1 Å². The van der Waals surface area contributed by atoms with Gasteiger partial charge in [-0.1, -0.05) is 19.8 Å². The van der Waals surface area contributed by atoms with E-state index in [1.54, 1.807) is 11.3 Å². The average molecular weight is 268 g/mol. The molecule has 1 aromatic rings. The smallest absolute Gasteiger partial charge is 0.0798 e. The van der Waals surface area contributed by atoms with Gasteiger partial charge in [-0.3, -0.25) is 0 Å². The monoisotopic (exact) mass is 268 g/mol. The molecule has 1 aliphatic rings. The van der Waals surface area contributed by atoms with Gasteiger partial charge in [0.05, 0.1) is 16.8 Å². The molecular formula is C14H24N2OS. The van der Waals surface area contributed by atoms with Crippen LogP contribution in [0.5, 0.6) is 0 Å². The number of thiazole rings is 1. The second kappa shape index (κ2) is 5.68. The van der Waals surface area contributed by atoms with E-state index in [9.17, 15) is 5.11 Å². The lowest BCUT2D eigenvalue weighted by molar-refractivity contribution is -0.0133. The molecule has 4 heteroatoms. The number of nitrogens with zero attached hydrogens (tertiary/aromatic N) is 1. The van der Waals surface area contributed by atoms with Crippen LogP contribution in [0, 0.1) is 12.8 Å². The van der Waals surface area contributed by atoms with E-state index in [2.05, 4.69) is 24.1 Å². The van der Waals surface area contributed by atoms with Gasteiger partial charge in [0.15, 0.2) is 0 Å². The lowest BCUT2D eigenvalue weighted by atomic mass is 9.79. The summed E-state index contributed by atoms with van der Waals surface area (Å²) in [4.78, 5) is 5.56. The minimum absolute atomic E-state index is 0.277. The molecule has 0 aromatic carbocycles. The standard InChI is InChI=1S/C14H24N2OS/c1-10-5-4-6-14(17,7-10)8-15-11(2)13-12(3)16-9-18-13/h9-11,15,17H,4-8H2,1-3H3. The third-order valence-electron chi connectivity index (χ3n) is 3.98. The molecule has 0 radical (unpaired) electrons. The van der Waals surface area contributed by atoms with Crippen LogP contribution in [0.1, 0.15) is 56.1 Å². The first-order valence-corrected chi connectivity index (χ1v) is 7.74. The molecule has 0 saturated heterocycles. The Morgan fingerprint density at radius 3 is 3.06 bits per heavy atom. The Bertz CT molecular complexity index is 393. The third kappa shape index (κ3) is 3.31. The van der Waals surface area contributed by atoms with Crippen molar-refractivity contribution >= 4 is 11.3 Å². The van der Waals surface area contributed by atoms with Crippen molar-refractivity contribution in [1.29, 1.82) is 0 Å². The van der Waals surface area contributed by atoms with E-state index < -0.39 is 5.60 Å². The molecular weight excluding hydrogens is 244 g/mol. The Morgan fingerprint density at radius 2 is 2.44 bits per heavy atom. The Labute approximate surface area is 114 Å². The maximum atomic E-state index is 10.6. The highest BCUT2D eigenvalue weighted by molar-refractivity contribution is 7.09. The average Bonchev–Trinajstić information content (AvgIpc) is 2.72. The fraction of sp³-hybridized carbons (Fsp3) is 0.786. The molecule has 3 unspecified atom stereocenters. The molecule has 1 aliphatic carbocycles. The third-order valence-corrected chi connectivity index (χ3v) is 5.09. The summed E-state index contributed by atoms with van der Waals surface area (Å²) >= 11 is 1.69. The van der Waals surface area contributed by atoms with Crippen LogP contribution in [0.25, 0.3) is 0 Å². The fourth-order valence-electron chi connectivity index (χ4n) is 2.96. The maximum absolute atomic E-state index is 10.6. The Morgan fingerprint density at radius 1 is 1.67 bits per heavy atom. The van der Waals surface area contributed by atoms with Crippen molar-refractivity contribution < 1.29 is 5.11 Å². The lowest BCUT2D eigenvalue weighted by Crippen LogP contribution is -2.44. The Kier molecular flexibility index (Phi) is 4.41. The summed E-state index contributed by atoms with van der Waals surface area (Å²) in [5, 5.41) is 14.1. The number of aliphatic hydroxyl groups is 1. The Hall–Kier alpha value is -0.450. The van der Waals surface area contributed by atoms with Gasteiger partial charge in [-0.05, 0) is 32.6 Å². The summed E-state index contributed by atoms with van der Waals surface area (Å²) in [6.45, 7) is 7.12. The number of aromatic nitrogens is 1. The maximum Gasteiger partial charge on any atom is 0.0798 e. The molecule has 0 amide bonds. The molecule has 1 fully saturated rings. The molecule has 1 aromatic heterocycles. The van der Waals surface area contributed by atoms with Gasteiger partial charge in [-0.2, -0.15) is 0 Å². The van der Waals surface area contributed by atoms with E-state index in [-0.39, 0.29) is 6.04 Å². The van der Waals surface area contributed by atoms with Crippen LogP contribution < -0.4 is 5.32 Å². The van der Waals surface area contributed by atoms with Gasteiger partial charge in [-0.15, -0.1) is 11.3 Å². The zero-order valence-corrected chi connectivity index (χ0v) is 12.4. The van der Waals surface area contributed by atoms with E-state index in [4.69, 9.17) is 0 Å². The Balaban J connectivity index is 1.89. The first-order chi connectivity index (χ1) is 8.50. The highest BCUT2D eigenvalue weighted by Gasteiger charge is 2.32. The van der Waals surface area contributed by atoms with Crippen molar-refractivity contribution in [1.82, 2.24) is 10.3 Å². The molecule has 1 saturated carbocycles.